The molecule has 4 rings (SSSR count). The highest BCUT2D eigenvalue weighted by Crippen LogP contribution is 2.33. The van der Waals surface area contributed by atoms with Crippen molar-refractivity contribution in [3.8, 4) is 11.5 Å². The van der Waals surface area contributed by atoms with Gasteiger partial charge in [0.25, 0.3) is 15.9 Å². The van der Waals surface area contributed by atoms with E-state index in [4.69, 9.17) is 9.47 Å². The minimum absolute atomic E-state index is 0.0228. The van der Waals surface area contributed by atoms with E-state index in [2.05, 4.69) is 10.0 Å². The molecule has 166 valence electrons. The fourth-order valence-corrected chi connectivity index (χ4v) is 4.50. The Kier molecular flexibility index (Phi) is 6.32. The fourth-order valence-electron chi connectivity index (χ4n) is 3.41. The van der Waals surface area contributed by atoms with Gasteiger partial charge in [0.1, 0.15) is 13.2 Å². The number of para-hydroxylation sites is 1. The lowest BCUT2D eigenvalue weighted by Crippen LogP contribution is -2.28. The van der Waals surface area contributed by atoms with Gasteiger partial charge in [-0.15, -0.1) is 0 Å². The zero-order valence-electron chi connectivity index (χ0n) is 17.6. The van der Waals surface area contributed by atoms with Crippen LogP contribution in [0.25, 0.3) is 0 Å². The maximum Gasteiger partial charge on any atom is 0.262 e. The molecule has 1 atom stereocenters. The third-order valence-corrected chi connectivity index (χ3v) is 6.54. The average Bonchev–Trinajstić information content (AvgIpc) is 2.82. The first-order chi connectivity index (χ1) is 15.4. The molecular formula is C24H24N2O5S. The molecule has 0 spiro atoms. The van der Waals surface area contributed by atoms with Crippen molar-refractivity contribution >= 4 is 21.6 Å². The number of nitrogens with one attached hydrogen (secondary N) is 2. The molecule has 3 aromatic carbocycles. The minimum atomic E-state index is -3.94. The molecule has 7 nitrogen and oxygen atoms in total. The molecule has 1 aliphatic rings. The van der Waals surface area contributed by atoms with Crippen LogP contribution in [0, 0.1) is 0 Å². The monoisotopic (exact) mass is 452 g/mol. The molecule has 1 aliphatic heterocycles. The predicted molar refractivity (Wildman–Crippen MR) is 122 cm³/mol. The number of rotatable bonds is 7. The zero-order valence-corrected chi connectivity index (χ0v) is 18.4. The number of amides is 1. The van der Waals surface area contributed by atoms with Crippen molar-refractivity contribution in [2.45, 2.75) is 17.7 Å². The van der Waals surface area contributed by atoms with E-state index in [9.17, 15) is 13.2 Å². The summed E-state index contributed by atoms with van der Waals surface area (Å²) in [6, 6.07) is 20.8. The van der Waals surface area contributed by atoms with Gasteiger partial charge in [0.05, 0.1) is 16.1 Å². The highest BCUT2D eigenvalue weighted by molar-refractivity contribution is 7.92. The van der Waals surface area contributed by atoms with Crippen LogP contribution in [0.5, 0.6) is 11.5 Å². The van der Waals surface area contributed by atoms with Gasteiger partial charge < -0.3 is 14.8 Å². The van der Waals surface area contributed by atoms with Crippen molar-refractivity contribution in [2.75, 3.05) is 24.5 Å². The summed E-state index contributed by atoms with van der Waals surface area (Å²) in [6.45, 7) is 3.22. The van der Waals surface area contributed by atoms with Gasteiger partial charge >= 0.3 is 0 Å². The Balaban J connectivity index is 1.50. The number of carbonyl (C=O) groups is 1. The lowest BCUT2D eigenvalue weighted by atomic mass is 10.0. The second kappa shape index (κ2) is 9.32. The van der Waals surface area contributed by atoms with Crippen molar-refractivity contribution in [2.24, 2.45) is 0 Å². The number of fused-ring (bicyclic) bond motifs is 1. The van der Waals surface area contributed by atoms with Crippen LogP contribution >= 0.6 is 0 Å². The van der Waals surface area contributed by atoms with Crippen molar-refractivity contribution in [3.63, 3.8) is 0 Å². The first-order valence-electron chi connectivity index (χ1n) is 10.3. The van der Waals surface area contributed by atoms with E-state index in [1.165, 1.54) is 12.1 Å². The summed E-state index contributed by atoms with van der Waals surface area (Å²) in [5, 5.41) is 2.89. The molecular weight excluding hydrogens is 428 g/mol. The summed E-state index contributed by atoms with van der Waals surface area (Å²) in [6.07, 6.45) is 0. The molecule has 0 aromatic heterocycles. The van der Waals surface area contributed by atoms with E-state index in [-0.39, 0.29) is 28.0 Å². The normalized spacial score (nSPS) is 13.8. The van der Waals surface area contributed by atoms with E-state index < -0.39 is 10.0 Å². The van der Waals surface area contributed by atoms with Crippen LogP contribution in [0.3, 0.4) is 0 Å². The Morgan fingerprint density at radius 3 is 2.41 bits per heavy atom. The van der Waals surface area contributed by atoms with E-state index in [0.29, 0.717) is 31.3 Å². The molecule has 0 radical (unpaired) electrons. The van der Waals surface area contributed by atoms with Gasteiger partial charge in [-0.2, -0.15) is 0 Å². The molecule has 0 aliphatic carbocycles. The average molecular weight is 453 g/mol. The quantitative estimate of drug-likeness (QED) is 0.569. The van der Waals surface area contributed by atoms with E-state index in [1.54, 1.807) is 30.3 Å². The van der Waals surface area contributed by atoms with Crippen molar-refractivity contribution in [1.29, 1.82) is 0 Å². The van der Waals surface area contributed by atoms with Crippen LogP contribution in [0.4, 0.5) is 5.69 Å². The Bertz CT molecular complexity index is 1210. The zero-order chi connectivity index (χ0) is 22.6. The van der Waals surface area contributed by atoms with Crippen molar-refractivity contribution < 1.29 is 22.7 Å². The van der Waals surface area contributed by atoms with Crippen LogP contribution in [0.15, 0.2) is 77.7 Å². The highest BCUT2D eigenvalue weighted by Gasteiger charge is 2.22. The Labute approximate surface area is 187 Å². The van der Waals surface area contributed by atoms with E-state index >= 15 is 0 Å². The summed E-state index contributed by atoms with van der Waals surface area (Å²) in [7, 11) is -3.94. The Morgan fingerprint density at radius 2 is 1.62 bits per heavy atom. The number of hydrogen-bond donors (Lipinski definition) is 2. The molecule has 2 N–H and O–H groups in total. The predicted octanol–water partition coefficient (Wildman–Crippen LogP) is 3.79. The molecule has 0 bridgehead atoms. The topological polar surface area (TPSA) is 93.7 Å². The molecule has 0 saturated carbocycles. The summed E-state index contributed by atoms with van der Waals surface area (Å²) in [5.74, 6) is 0.637. The number of sulfonamides is 1. The lowest BCUT2D eigenvalue weighted by Gasteiger charge is -2.19. The van der Waals surface area contributed by atoms with Gasteiger partial charge in [-0.05, 0) is 35.7 Å². The van der Waals surface area contributed by atoms with E-state index in [1.807, 2.05) is 37.3 Å². The molecule has 8 heteroatoms. The maximum absolute atomic E-state index is 13.0. The third kappa shape index (κ3) is 4.86. The third-order valence-electron chi connectivity index (χ3n) is 5.18. The SMILES string of the molecule is C[C@H](CNC(=O)c1ccccc1NS(=O)(=O)c1ccc2c(c1)OCCO2)c1ccccc1. The molecule has 0 fully saturated rings. The summed E-state index contributed by atoms with van der Waals surface area (Å²) in [4.78, 5) is 12.9. The van der Waals surface area contributed by atoms with Crippen LogP contribution in [-0.4, -0.2) is 34.1 Å². The standard InChI is InChI=1S/C24H24N2O5S/c1-17(18-7-3-2-4-8-18)16-25-24(27)20-9-5-6-10-21(20)26-32(28,29)19-11-12-22-23(15-19)31-14-13-30-22/h2-12,15,17,26H,13-14,16H2,1H3,(H,25,27)/t17-/m1/s1. The summed E-state index contributed by atoms with van der Waals surface area (Å²) in [5.41, 5.74) is 1.56. The largest absolute Gasteiger partial charge is 0.486 e. The summed E-state index contributed by atoms with van der Waals surface area (Å²) < 4.78 is 39.4. The number of hydrogen-bond acceptors (Lipinski definition) is 5. The number of ether oxygens (including phenoxy) is 2. The van der Waals surface area contributed by atoms with Crippen molar-refractivity contribution in [3.05, 3.63) is 83.9 Å². The number of carbonyl (C=O) groups excluding carboxylic acids is 1. The molecule has 0 unspecified atom stereocenters. The van der Waals surface area contributed by atoms with E-state index in [0.717, 1.165) is 5.56 Å². The molecule has 3 aromatic rings. The van der Waals surface area contributed by atoms with Crippen molar-refractivity contribution in [1.82, 2.24) is 5.32 Å². The highest BCUT2D eigenvalue weighted by atomic mass is 32.2. The van der Waals surface area contributed by atoms with Gasteiger partial charge in [0.2, 0.25) is 0 Å². The Morgan fingerprint density at radius 1 is 0.938 bits per heavy atom. The first-order valence-corrected chi connectivity index (χ1v) is 11.8. The van der Waals surface area contributed by atoms with Gasteiger partial charge in [-0.25, -0.2) is 8.42 Å². The van der Waals surface area contributed by atoms with Gasteiger partial charge in [-0.3, -0.25) is 9.52 Å². The summed E-state index contributed by atoms with van der Waals surface area (Å²) >= 11 is 0. The Hall–Kier alpha value is -3.52. The minimum Gasteiger partial charge on any atom is -0.486 e. The van der Waals surface area contributed by atoms with Gasteiger partial charge in [0, 0.05) is 12.6 Å². The van der Waals surface area contributed by atoms with Gasteiger partial charge in [0.15, 0.2) is 11.5 Å². The second-order valence-electron chi connectivity index (χ2n) is 7.48. The molecule has 1 heterocycles. The maximum atomic E-state index is 13.0. The lowest BCUT2D eigenvalue weighted by molar-refractivity contribution is 0.0952. The van der Waals surface area contributed by atoms with Crippen LogP contribution in [0.1, 0.15) is 28.8 Å². The second-order valence-corrected chi connectivity index (χ2v) is 9.16. The van der Waals surface area contributed by atoms with Crippen LogP contribution < -0.4 is 19.5 Å². The fraction of sp³-hybridized carbons (Fsp3) is 0.208. The van der Waals surface area contributed by atoms with Gasteiger partial charge in [-0.1, -0.05) is 49.4 Å². The van der Waals surface area contributed by atoms with Crippen LogP contribution in [0.2, 0.25) is 0 Å². The molecule has 1 amide bonds. The van der Waals surface area contributed by atoms with Crippen LogP contribution in [-0.2, 0) is 10.0 Å². The smallest absolute Gasteiger partial charge is 0.262 e. The first kappa shape index (κ1) is 21.7. The molecule has 0 saturated heterocycles. The number of anilines is 1. The molecule has 32 heavy (non-hydrogen) atoms. The number of benzene rings is 3.